The molecule has 0 aliphatic heterocycles. The average molecular weight is 272 g/mol. The highest BCUT2D eigenvalue weighted by molar-refractivity contribution is 7.99. The van der Waals surface area contributed by atoms with E-state index in [1.165, 1.54) is 11.8 Å². The number of nitrogen functional groups attached to an aromatic ring is 1. The van der Waals surface area contributed by atoms with Gasteiger partial charge in [-0.1, -0.05) is 0 Å². The van der Waals surface area contributed by atoms with Gasteiger partial charge in [-0.05, 0) is 37.7 Å². The molecule has 0 spiro atoms. The summed E-state index contributed by atoms with van der Waals surface area (Å²) in [5.41, 5.74) is 9.57. The molecule has 0 saturated heterocycles. The van der Waals surface area contributed by atoms with E-state index in [-0.39, 0.29) is 0 Å². The highest BCUT2D eigenvalue weighted by atomic mass is 32.2. The first kappa shape index (κ1) is 12.0. The van der Waals surface area contributed by atoms with E-state index < -0.39 is 0 Å². The molecule has 2 aromatic heterocycles. The largest absolute Gasteiger partial charge is 0.431 e. The molecule has 2 heterocycles. The molecule has 1 aromatic carbocycles. The Morgan fingerprint density at radius 1 is 1.21 bits per heavy atom. The van der Waals surface area contributed by atoms with Crippen molar-refractivity contribution in [3.8, 4) is 0 Å². The van der Waals surface area contributed by atoms with Gasteiger partial charge in [0.2, 0.25) is 0 Å². The minimum atomic E-state index is 0.545. The van der Waals surface area contributed by atoms with Crippen LogP contribution in [0.15, 0.2) is 39.1 Å². The second-order valence-electron chi connectivity index (χ2n) is 4.21. The number of hydrogen-bond donors (Lipinski definition) is 1. The lowest BCUT2D eigenvalue weighted by Gasteiger charge is -2.01. The summed E-state index contributed by atoms with van der Waals surface area (Å²) in [7, 11) is 0. The van der Waals surface area contributed by atoms with Crippen molar-refractivity contribution in [1.29, 1.82) is 0 Å². The fourth-order valence-corrected chi connectivity index (χ4v) is 2.49. The predicted molar refractivity (Wildman–Crippen MR) is 74.1 cm³/mol. The van der Waals surface area contributed by atoms with E-state index in [1.54, 1.807) is 18.3 Å². The number of benzene rings is 1. The van der Waals surface area contributed by atoms with Gasteiger partial charge in [0.25, 0.3) is 5.22 Å². The van der Waals surface area contributed by atoms with E-state index >= 15 is 0 Å². The van der Waals surface area contributed by atoms with E-state index in [0.29, 0.717) is 16.5 Å². The van der Waals surface area contributed by atoms with Crippen molar-refractivity contribution in [2.24, 2.45) is 0 Å². The van der Waals surface area contributed by atoms with Crippen LogP contribution in [0.3, 0.4) is 0 Å². The molecule has 3 rings (SSSR count). The number of nitrogens with two attached hydrogens (primary N) is 1. The first-order chi connectivity index (χ1) is 9.11. The van der Waals surface area contributed by atoms with Crippen LogP contribution in [0.25, 0.3) is 11.1 Å². The molecule has 0 unspecified atom stereocenters. The number of hydrogen-bond acceptors (Lipinski definition) is 6. The van der Waals surface area contributed by atoms with Crippen molar-refractivity contribution in [2.75, 3.05) is 5.73 Å². The van der Waals surface area contributed by atoms with Crippen molar-refractivity contribution in [3.63, 3.8) is 0 Å². The molecule has 3 aromatic rings. The number of fused-ring (bicyclic) bond motifs is 1. The van der Waals surface area contributed by atoms with Crippen molar-refractivity contribution in [1.82, 2.24) is 15.0 Å². The molecule has 0 radical (unpaired) electrons. The third-order valence-corrected chi connectivity index (χ3v) is 3.54. The topological polar surface area (TPSA) is 77.8 Å². The van der Waals surface area contributed by atoms with Gasteiger partial charge in [0.15, 0.2) is 5.58 Å². The summed E-state index contributed by atoms with van der Waals surface area (Å²) in [6.07, 6.45) is 1.74. The van der Waals surface area contributed by atoms with Crippen LogP contribution in [-0.2, 0) is 0 Å². The van der Waals surface area contributed by atoms with Crippen LogP contribution >= 0.6 is 11.8 Å². The summed E-state index contributed by atoms with van der Waals surface area (Å²) in [5, 5.41) is 1.35. The standard InChI is InChI=1S/C13H12N4OS/c1-7-6-15-8(2)12(16-7)19-13-17-10-4-3-9(14)5-11(10)18-13/h3-6H,14H2,1-2H3. The fraction of sp³-hybridized carbons (Fsp3) is 0.154. The second kappa shape index (κ2) is 4.55. The summed E-state index contributed by atoms with van der Waals surface area (Å²) in [6.45, 7) is 3.82. The Hall–Kier alpha value is -2.08. The van der Waals surface area contributed by atoms with Crippen molar-refractivity contribution in [2.45, 2.75) is 24.1 Å². The Balaban J connectivity index is 1.98. The first-order valence-electron chi connectivity index (χ1n) is 5.76. The number of rotatable bonds is 2. The number of anilines is 1. The Kier molecular flexibility index (Phi) is 2.87. The van der Waals surface area contributed by atoms with Crippen LogP contribution in [0.5, 0.6) is 0 Å². The molecule has 0 atom stereocenters. The van der Waals surface area contributed by atoms with Crippen LogP contribution < -0.4 is 5.73 Å². The molecule has 0 bridgehead atoms. The molecule has 19 heavy (non-hydrogen) atoms. The van der Waals surface area contributed by atoms with Gasteiger partial charge < -0.3 is 10.2 Å². The molecule has 0 saturated carbocycles. The molecule has 0 aliphatic carbocycles. The molecule has 0 amide bonds. The highest BCUT2D eigenvalue weighted by Gasteiger charge is 2.11. The Bertz CT molecular complexity index is 753. The summed E-state index contributed by atoms with van der Waals surface area (Å²) in [4.78, 5) is 13.1. The molecule has 2 N–H and O–H groups in total. The zero-order valence-electron chi connectivity index (χ0n) is 10.5. The number of nitrogens with zero attached hydrogens (tertiary/aromatic N) is 3. The number of aryl methyl sites for hydroxylation is 2. The first-order valence-corrected chi connectivity index (χ1v) is 6.57. The summed E-state index contributed by atoms with van der Waals surface area (Å²) >= 11 is 1.37. The third kappa shape index (κ3) is 2.39. The van der Waals surface area contributed by atoms with E-state index in [2.05, 4.69) is 15.0 Å². The Morgan fingerprint density at radius 3 is 2.89 bits per heavy atom. The maximum absolute atomic E-state index is 5.71. The lowest BCUT2D eigenvalue weighted by atomic mass is 10.3. The molecule has 6 heteroatoms. The molecule has 5 nitrogen and oxygen atoms in total. The third-order valence-electron chi connectivity index (χ3n) is 2.61. The van der Waals surface area contributed by atoms with Gasteiger partial charge in [0.05, 0.1) is 11.4 Å². The Morgan fingerprint density at radius 2 is 2.05 bits per heavy atom. The SMILES string of the molecule is Cc1cnc(C)c(Sc2nc3ccc(N)cc3o2)n1. The van der Waals surface area contributed by atoms with Crippen LogP contribution in [0.2, 0.25) is 0 Å². The quantitative estimate of drug-likeness (QED) is 0.723. The van der Waals surface area contributed by atoms with Gasteiger partial charge >= 0.3 is 0 Å². The maximum atomic E-state index is 5.71. The van der Waals surface area contributed by atoms with E-state index in [1.807, 2.05) is 19.9 Å². The van der Waals surface area contributed by atoms with E-state index in [9.17, 15) is 0 Å². The zero-order valence-corrected chi connectivity index (χ0v) is 11.4. The van der Waals surface area contributed by atoms with Gasteiger partial charge in [0.1, 0.15) is 10.5 Å². The van der Waals surface area contributed by atoms with Gasteiger partial charge in [-0.25, -0.2) is 9.97 Å². The lowest BCUT2D eigenvalue weighted by Crippen LogP contribution is -1.92. The summed E-state index contributed by atoms with van der Waals surface area (Å²) in [5.74, 6) is 0. The van der Waals surface area contributed by atoms with Gasteiger partial charge in [-0.15, -0.1) is 0 Å². The molecule has 0 fully saturated rings. The lowest BCUT2D eigenvalue weighted by molar-refractivity contribution is 0.489. The number of aromatic nitrogens is 3. The van der Waals surface area contributed by atoms with Crippen molar-refractivity contribution in [3.05, 3.63) is 35.8 Å². The minimum Gasteiger partial charge on any atom is -0.431 e. The molecular formula is C13H12N4OS. The van der Waals surface area contributed by atoms with E-state index in [4.69, 9.17) is 10.2 Å². The van der Waals surface area contributed by atoms with Crippen LogP contribution in [0.1, 0.15) is 11.4 Å². The fourth-order valence-electron chi connectivity index (χ4n) is 1.66. The molecule has 96 valence electrons. The Labute approximate surface area is 114 Å². The van der Waals surface area contributed by atoms with Gasteiger partial charge in [-0.3, -0.25) is 4.98 Å². The molecular weight excluding hydrogens is 260 g/mol. The summed E-state index contributed by atoms with van der Waals surface area (Å²) in [6, 6.07) is 5.41. The maximum Gasteiger partial charge on any atom is 0.263 e. The smallest absolute Gasteiger partial charge is 0.263 e. The van der Waals surface area contributed by atoms with Gasteiger partial charge in [0, 0.05) is 18.0 Å². The highest BCUT2D eigenvalue weighted by Crippen LogP contribution is 2.30. The van der Waals surface area contributed by atoms with Gasteiger partial charge in [-0.2, -0.15) is 0 Å². The normalized spacial score (nSPS) is 11.1. The second-order valence-corrected chi connectivity index (χ2v) is 5.15. The van der Waals surface area contributed by atoms with E-state index in [0.717, 1.165) is 21.9 Å². The van der Waals surface area contributed by atoms with Crippen molar-refractivity contribution < 1.29 is 4.42 Å². The average Bonchev–Trinajstić information content (AvgIpc) is 2.75. The molecule has 0 aliphatic rings. The minimum absolute atomic E-state index is 0.545. The van der Waals surface area contributed by atoms with Crippen LogP contribution in [-0.4, -0.2) is 15.0 Å². The predicted octanol–water partition coefficient (Wildman–Crippen LogP) is 2.97. The van der Waals surface area contributed by atoms with Crippen LogP contribution in [0.4, 0.5) is 5.69 Å². The summed E-state index contributed by atoms with van der Waals surface area (Å²) < 4.78 is 5.65. The van der Waals surface area contributed by atoms with Crippen molar-refractivity contribution >= 4 is 28.5 Å². The van der Waals surface area contributed by atoms with Crippen LogP contribution in [0, 0.1) is 13.8 Å². The number of oxazole rings is 1. The monoisotopic (exact) mass is 272 g/mol. The zero-order chi connectivity index (χ0) is 13.4.